The number of hydrogen-bond donors (Lipinski definition) is 3. The Morgan fingerprint density at radius 2 is 1.54 bits per heavy atom. The molecule has 2 unspecified atom stereocenters. The van der Waals surface area contributed by atoms with E-state index in [4.69, 9.17) is 4.74 Å². The Labute approximate surface area is 205 Å². The van der Waals surface area contributed by atoms with E-state index < -0.39 is 18.0 Å². The Kier molecular flexibility index (Phi) is 6.75. The van der Waals surface area contributed by atoms with Crippen LogP contribution in [0.15, 0.2) is 48.5 Å². The summed E-state index contributed by atoms with van der Waals surface area (Å²) in [6, 6.07) is 16.1. The molecule has 3 aliphatic carbocycles. The topological polar surface area (TPSA) is 105 Å². The van der Waals surface area contributed by atoms with Gasteiger partial charge in [0, 0.05) is 24.4 Å². The third kappa shape index (κ3) is 5.04. The van der Waals surface area contributed by atoms with Crippen molar-refractivity contribution in [3.05, 3.63) is 59.7 Å². The lowest BCUT2D eigenvalue weighted by Gasteiger charge is -2.23. The molecule has 2 amide bonds. The largest absolute Gasteiger partial charge is 0.481 e. The highest BCUT2D eigenvalue weighted by Crippen LogP contribution is 2.44. The maximum absolute atomic E-state index is 12.7. The van der Waals surface area contributed by atoms with Gasteiger partial charge in [-0.25, -0.2) is 4.79 Å². The van der Waals surface area contributed by atoms with E-state index in [2.05, 4.69) is 34.9 Å². The van der Waals surface area contributed by atoms with Gasteiger partial charge in [0.2, 0.25) is 5.91 Å². The third-order valence-corrected chi connectivity index (χ3v) is 7.77. The fourth-order valence-corrected chi connectivity index (χ4v) is 5.72. The second-order valence-corrected chi connectivity index (χ2v) is 10.0. The zero-order valence-electron chi connectivity index (χ0n) is 19.7. The number of carbonyl (C=O) groups is 3. The molecule has 5 rings (SSSR count). The summed E-state index contributed by atoms with van der Waals surface area (Å²) in [5, 5.41) is 15.3. The first-order valence-electron chi connectivity index (χ1n) is 12.6. The number of hydrogen-bond acceptors (Lipinski definition) is 4. The molecule has 184 valence electrons. The van der Waals surface area contributed by atoms with Crippen LogP contribution in [0.5, 0.6) is 0 Å². The van der Waals surface area contributed by atoms with Gasteiger partial charge in [-0.2, -0.15) is 0 Å². The van der Waals surface area contributed by atoms with Crippen LogP contribution < -0.4 is 10.6 Å². The van der Waals surface area contributed by atoms with Gasteiger partial charge in [-0.3, -0.25) is 9.59 Å². The number of aliphatic carboxylic acids is 1. The van der Waals surface area contributed by atoms with E-state index in [1.54, 1.807) is 0 Å². The summed E-state index contributed by atoms with van der Waals surface area (Å²) in [6.07, 6.45) is 4.36. The number of carboxylic acids is 1. The molecule has 0 heterocycles. The highest BCUT2D eigenvalue weighted by molar-refractivity contribution is 5.83. The molecule has 3 N–H and O–H groups in total. The van der Waals surface area contributed by atoms with Gasteiger partial charge >= 0.3 is 12.1 Å². The Morgan fingerprint density at radius 1 is 0.886 bits per heavy atom. The van der Waals surface area contributed by atoms with Crippen molar-refractivity contribution >= 4 is 18.0 Å². The molecule has 35 heavy (non-hydrogen) atoms. The first-order valence-corrected chi connectivity index (χ1v) is 12.6. The van der Waals surface area contributed by atoms with Crippen molar-refractivity contribution in [3.8, 4) is 11.1 Å². The zero-order valence-corrected chi connectivity index (χ0v) is 19.7. The quantitative estimate of drug-likeness (QED) is 0.517. The molecule has 4 atom stereocenters. The van der Waals surface area contributed by atoms with Crippen LogP contribution in [0, 0.1) is 17.8 Å². The van der Waals surface area contributed by atoms with Crippen molar-refractivity contribution in [1.29, 1.82) is 0 Å². The maximum Gasteiger partial charge on any atom is 0.407 e. The van der Waals surface area contributed by atoms with Gasteiger partial charge in [0.15, 0.2) is 0 Å². The van der Waals surface area contributed by atoms with Gasteiger partial charge in [-0.15, -0.1) is 0 Å². The van der Waals surface area contributed by atoms with Gasteiger partial charge in [-0.1, -0.05) is 67.8 Å². The van der Waals surface area contributed by atoms with Gasteiger partial charge in [-0.05, 0) is 47.4 Å². The minimum absolute atomic E-state index is 0.00866. The Balaban J connectivity index is 1.09. The lowest BCUT2D eigenvalue weighted by Crippen LogP contribution is -2.43. The van der Waals surface area contributed by atoms with Crippen molar-refractivity contribution in [2.45, 2.75) is 50.5 Å². The van der Waals surface area contributed by atoms with Crippen molar-refractivity contribution in [1.82, 2.24) is 10.6 Å². The number of carboxylic acid groups (broad SMARTS) is 1. The average molecular weight is 477 g/mol. The molecule has 2 aromatic rings. The highest BCUT2D eigenvalue weighted by atomic mass is 16.5. The van der Waals surface area contributed by atoms with Crippen molar-refractivity contribution in [2.24, 2.45) is 17.8 Å². The van der Waals surface area contributed by atoms with Gasteiger partial charge in [0.25, 0.3) is 0 Å². The van der Waals surface area contributed by atoms with Gasteiger partial charge in [0.1, 0.15) is 6.61 Å². The van der Waals surface area contributed by atoms with E-state index in [0.29, 0.717) is 25.8 Å². The number of fused-ring (bicyclic) bond motifs is 3. The Bertz CT molecular complexity index is 1070. The van der Waals surface area contributed by atoms with Gasteiger partial charge < -0.3 is 20.5 Å². The van der Waals surface area contributed by atoms with Crippen LogP contribution in [0.1, 0.15) is 55.6 Å². The second-order valence-electron chi connectivity index (χ2n) is 10.0. The molecule has 0 spiro atoms. The summed E-state index contributed by atoms with van der Waals surface area (Å²) in [7, 11) is 0. The normalized spacial score (nSPS) is 25.0. The highest BCUT2D eigenvalue weighted by Gasteiger charge is 2.44. The van der Waals surface area contributed by atoms with E-state index in [0.717, 1.165) is 19.3 Å². The lowest BCUT2D eigenvalue weighted by molar-refractivity contribution is -0.143. The number of amides is 2. The van der Waals surface area contributed by atoms with E-state index in [1.165, 1.54) is 22.3 Å². The first kappa shape index (κ1) is 23.4. The molecule has 0 bridgehead atoms. The van der Waals surface area contributed by atoms with Gasteiger partial charge in [0.05, 0.1) is 5.92 Å². The molecule has 7 heteroatoms. The van der Waals surface area contributed by atoms with E-state index in [1.807, 2.05) is 24.3 Å². The standard InChI is InChI=1S/C28H32N2O5/c31-26(30-25-13-3-1-2-12-22(25)27(32)33)23-14-17(23)15-29-28(34)35-16-24-20-10-6-4-8-18(20)19-9-5-7-11-21(19)24/h4-11,17,22-25H,1-3,12-16H2,(H,29,34)(H,30,31)(H,32,33)/t17-,22?,23-,25?/m1/s1. The summed E-state index contributed by atoms with van der Waals surface area (Å²) in [4.78, 5) is 36.7. The molecule has 0 saturated heterocycles. The first-order chi connectivity index (χ1) is 17.0. The number of ether oxygens (including phenoxy) is 1. The molecular weight excluding hydrogens is 444 g/mol. The summed E-state index contributed by atoms with van der Waals surface area (Å²) >= 11 is 0. The van der Waals surface area contributed by atoms with E-state index in [-0.39, 0.29) is 36.3 Å². The summed E-state index contributed by atoms with van der Waals surface area (Å²) in [5.41, 5.74) is 4.70. The van der Waals surface area contributed by atoms with E-state index >= 15 is 0 Å². The predicted octanol–water partition coefficient (Wildman–Crippen LogP) is 4.31. The minimum atomic E-state index is -0.832. The molecular formula is C28H32N2O5. The Morgan fingerprint density at radius 3 is 2.23 bits per heavy atom. The Hall–Kier alpha value is -3.35. The molecule has 7 nitrogen and oxygen atoms in total. The molecule has 2 saturated carbocycles. The smallest absolute Gasteiger partial charge is 0.407 e. The SMILES string of the molecule is O=C(NC[C@H]1C[C@H]1C(=O)NC1CCCCCC1C(=O)O)OCC1c2ccccc2-c2ccccc21. The predicted molar refractivity (Wildman–Crippen MR) is 131 cm³/mol. The fourth-order valence-electron chi connectivity index (χ4n) is 5.72. The van der Waals surface area contributed by atoms with Crippen LogP contribution in [0.4, 0.5) is 4.79 Å². The van der Waals surface area contributed by atoms with Crippen molar-refractivity contribution in [3.63, 3.8) is 0 Å². The summed E-state index contributed by atoms with van der Waals surface area (Å²) < 4.78 is 5.57. The lowest BCUT2D eigenvalue weighted by atomic mass is 9.94. The third-order valence-electron chi connectivity index (χ3n) is 7.77. The number of nitrogens with one attached hydrogen (secondary N) is 2. The van der Waals surface area contributed by atoms with Crippen LogP contribution in [0.3, 0.4) is 0 Å². The molecule has 0 radical (unpaired) electrons. The van der Waals surface area contributed by atoms with Crippen LogP contribution >= 0.6 is 0 Å². The molecule has 2 aromatic carbocycles. The van der Waals surface area contributed by atoms with Crippen LogP contribution in [0.2, 0.25) is 0 Å². The van der Waals surface area contributed by atoms with Crippen molar-refractivity contribution in [2.75, 3.05) is 13.2 Å². The average Bonchev–Trinajstić information content (AvgIpc) is 3.62. The number of alkyl carbamates (subject to hydrolysis) is 1. The minimum Gasteiger partial charge on any atom is -0.481 e. The molecule has 3 aliphatic rings. The number of carbonyl (C=O) groups excluding carboxylic acids is 2. The fraction of sp³-hybridized carbons (Fsp3) is 0.464. The number of rotatable bonds is 7. The van der Waals surface area contributed by atoms with Crippen LogP contribution in [-0.4, -0.2) is 42.3 Å². The van der Waals surface area contributed by atoms with E-state index in [9.17, 15) is 19.5 Å². The van der Waals surface area contributed by atoms with Crippen LogP contribution in [0.25, 0.3) is 11.1 Å². The molecule has 0 aromatic heterocycles. The second kappa shape index (κ2) is 10.1. The molecule has 0 aliphatic heterocycles. The zero-order chi connectivity index (χ0) is 24.4. The van der Waals surface area contributed by atoms with Crippen LogP contribution in [-0.2, 0) is 14.3 Å². The molecule has 2 fully saturated rings. The summed E-state index contributed by atoms with van der Waals surface area (Å²) in [5.74, 6) is -1.55. The monoisotopic (exact) mass is 476 g/mol. The van der Waals surface area contributed by atoms with Crippen molar-refractivity contribution < 1.29 is 24.2 Å². The maximum atomic E-state index is 12.7. The number of benzene rings is 2. The summed E-state index contributed by atoms with van der Waals surface area (Å²) in [6.45, 7) is 0.633.